The van der Waals surface area contributed by atoms with Crippen LogP contribution in [-0.4, -0.2) is 37.9 Å². The van der Waals surface area contributed by atoms with Crippen LogP contribution in [-0.2, 0) is 16.2 Å². The van der Waals surface area contributed by atoms with Gasteiger partial charge in [-0.15, -0.1) is 0 Å². The van der Waals surface area contributed by atoms with E-state index in [1.54, 1.807) is 0 Å². The lowest BCUT2D eigenvalue weighted by atomic mass is 10.2. The van der Waals surface area contributed by atoms with Crippen molar-refractivity contribution in [1.82, 2.24) is 9.62 Å². The molecule has 0 spiro atoms. The van der Waals surface area contributed by atoms with Gasteiger partial charge < -0.3 is 5.32 Å². The van der Waals surface area contributed by atoms with Gasteiger partial charge in [0.05, 0.1) is 10.5 Å². The fourth-order valence-corrected chi connectivity index (χ4v) is 4.78. The number of rotatable bonds is 4. The van der Waals surface area contributed by atoms with Crippen LogP contribution in [0.4, 0.5) is 13.2 Å². The lowest BCUT2D eigenvalue weighted by Crippen LogP contribution is -2.43. The molecule has 1 aliphatic heterocycles. The minimum Gasteiger partial charge on any atom is -0.315 e. The number of alkyl halides is 3. The fraction of sp³-hybridized carbons (Fsp3) is 0.571. The SMILES string of the molecule is O=S(=O)(c1cccc(C(F)(F)F)c1)N(C1CC1)C1CCNC1. The number of hydrogen-bond donors (Lipinski definition) is 1. The molecule has 1 aromatic rings. The molecule has 1 unspecified atom stereocenters. The zero-order valence-electron chi connectivity index (χ0n) is 11.8. The molecule has 1 N–H and O–H groups in total. The highest BCUT2D eigenvalue weighted by atomic mass is 32.2. The Hall–Kier alpha value is -1.12. The molecule has 0 radical (unpaired) electrons. The van der Waals surface area contributed by atoms with Gasteiger partial charge in [-0.05, 0) is 44.0 Å². The second-order valence-corrected chi connectivity index (χ2v) is 7.58. The lowest BCUT2D eigenvalue weighted by Gasteiger charge is -2.27. The molecule has 1 saturated heterocycles. The second-order valence-electron chi connectivity index (χ2n) is 5.74. The normalized spacial score (nSPS) is 23.2. The van der Waals surface area contributed by atoms with Gasteiger partial charge >= 0.3 is 6.18 Å². The molecule has 2 fully saturated rings. The van der Waals surface area contributed by atoms with E-state index in [0.29, 0.717) is 13.0 Å². The first kappa shape index (κ1) is 15.8. The van der Waals surface area contributed by atoms with Gasteiger partial charge in [-0.2, -0.15) is 17.5 Å². The summed E-state index contributed by atoms with van der Waals surface area (Å²) in [6.45, 7) is 1.28. The van der Waals surface area contributed by atoms with E-state index < -0.39 is 21.8 Å². The Morgan fingerprint density at radius 1 is 1.14 bits per heavy atom. The van der Waals surface area contributed by atoms with Crippen LogP contribution < -0.4 is 5.32 Å². The van der Waals surface area contributed by atoms with Crippen molar-refractivity contribution in [3.8, 4) is 0 Å². The highest BCUT2D eigenvalue weighted by Crippen LogP contribution is 2.37. The third-order valence-electron chi connectivity index (χ3n) is 4.04. The molecule has 8 heteroatoms. The highest BCUT2D eigenvalue weighted by molar-refractivity contribution is 7.89. The smallest absolute Gasteiger partial charge is 0.315 e. The topological polar surface area (TPSA) is 49.4 Å². The summed E-state index contributed by atoms with van der Waals surface area (Å²) in [5.74, 6) is 0. The van der Waals surface area contributed by atoms with Gasteiger partial charge in [0.25, 0.3) is 0 Å². The molecule has 1 heterocycles. The summed E-state index contributed by atoms with van der Waals surface area (Å²) < 4.78 is 65.5. The van der Waals surface area contributed by atoms with Crippen molar-refractivity contribution in [3.63, 3.8) is 0 Å². The van der Waals surface area contributed by atoms with Crippen LogP contribution in [0.1, 0.15) is 24.8 Å². The van der Waals surface area contributed by atoms with Crippen molar-refractivity contribution in [2.24, 2.45) is 0 Å². The monoisotopic (exact) mass is 334 g/mol. The van der Waals surface area contributed by atoms with E-state index >= 15 is 0 Å². The number of nitrogens with one attached hydrogen (secondary N) is 1. The Morgan fingerprint density at radius 3 is 2.41 bits per heavy atom. The maximum atomic E-state index is 12.8. The van der Waals surface area contributed by atoms with Crippen LogP contribution in [0.25, 0.3) is 0 Å². The molecular weight excluding hydrogens is 317 g/mol. The molecule has 1 aromatic carbocycles. The summed E-state index contributed by atoms with van der Waals surface area (Å²) in [5, 5.41) is 3.11. The Morgan fingerprint density at radius 2 is 1.86 bits per heavy atom. The maximum absolute atomic E-state index is 12.8. The molecule has 1 aliphatic carbocycles. The van der Waals surface area contributed by atoms with Crippen molar-refractivity contribution in [1.29, 1.82) is 0 Å². The van der Waals surface area contributed by atoms with Crippen molar-refractivity contribution < 1.29 is 21.6 Å². The molecular formula is C14H17F3N2O2S. The Kier molecular flexibility index (Phi) is 3.94. The summed E-state index contributed by atoms with van der Waals surface area (Å²) in [6.07, 6.45) is -2.32. The van der Waals surface area contributed by atoms with Crippen LogP contribution in [0.3, 0.4) is 0 Å². The van der Waals surface area contributed by atoms with Gasteiger partial charge in [-0.1, -0.05) is 6.07 Å². The molecule has 0 bridgehead atoms. The van der Waals surface area contributed by atoms with Crippen LogP contribution in [0.15, 0.2) is 29.2 Å². The van der Waals surface area contributed by atoms with Crippen LogP contribution in [0.5, 0.6) is 0 Å². The largest absolute Gasteiger partial charge is 0.416 e. The van der Waals surface area contributed by atoms with Gasteiger partial charge in [-0.25, -0.2) is 8.42 Å². The van der Waals surface area contributed by atoms with Crippen molar-refractivity contribution >= 4 is 10.0 Å². The lowest BCUT2D eigenvalue weighted by molar-refractivity contribution is -0.137. The van der Waals surface area contributed by atoms with Crippen molar-refractivity contribution in [3.05, 3.63) is 29.8 Å². The molecule has 0 aromatic heterocycles. The zero-order valence-corrected chi connectivity index (χ0v) is 12.6. The Labute approximate surface area is 127 Å². The molecule has 0 amide bonds. The van der Waals surface area contributed by atoms with Crippen molar-refractivity contribution in [2.75, 3.05) is 13.1 Å². The number of sulfonamides is 1. The molecule has 1 atom stereocenters. The first-order valence-corrected chi connectivity index (χ1v) is 8.65. The first-order valence-electron chi connectivity index (χ1n) is 7.21. The predicted octanol–water partition coefficient (Wildman–Crippen LogP) is 2.22. The van der Waals surface area contributed by atoms with E-state index in [9.17, 15) is 21.6 Å². The number of nitrogens with zero attached hydrogens (tertiary/aromatic N) is 1. The molecule has 1 saturated carbocycles. The van der Waals surface area contributed by atoms with E-state index in [1.165, 1.54) is 10.4 Å². The Balaban J connectivity index is 1.97. The average Bonchev–Trinajstić information content (AvgIpc) is 3.12. The van der Waals surface area contributed by atoms with Crippen LogP contribution >= 0.6 is 0 Å². The van der Waals surface area contributed by atoms with E-state index in [-0.39, 0.29) is 17.0 Å². The molecule has 122 valence electrons. The molecule has 4 nitrogen and oxygen atoms in total. The quantitative estimate of drug-likeness (QED) is 0.919. The van der Waals surface area contributed by atoms with Gasteiger partial charge in [0, 0.05) is 18.6 Å². The first-order chi connectivity index (χ1) is 10.3. The summed E-state index contributed by atoms with van der Waals surface area (Å²) in [4.78, 5) is -0.277. The zero-order chi connectivity index (χ0) is 16.0. The van der Waals surface area contributed by atoms with E-state index in [4.69, 9.17) is 0 Å². The predicted molar refractivity (Wildman–Crippen MR) is 74.8 cm³/mol. The highest BCUT2D eigenvalue weighted by Gasteiger charge is 2.43. The van der Waals surface area contributed by atoms with E-state index in [1.807, 2.05) is 0 Å². The van der Waals surface area contributed by atoms with Gasteiger partial charge in [0.2, 0.25) is 10.0 Å². The number of hydrogen-bond acceptors (Lipinski definition) is 3. The maximum Gasteiger partial charge on any atom is 0.416 e. The third kappa shape index (κ3) is 3.00. The summed E-state index contributed by atoms with van der Waals surface area (Å²) in [7, 11) is -3.91. The minimum absolute atomic E-state index is 0.0792. The average molecular weight is 334 g/mol. The third-order valence-corrected chi connectivity index (χ3v) is 6.04. The van der Waals surface area contributed by atoms with Gasteiger partial charge in [0.15, 0.2) is 0 Å². The van der Waals surface area contributed by atoms with E-state index in [0.717, 1.165) is 37.6 Å². The number of benzene rings is 1. The molecule has 22 heavy (non-hydrogen) atoms. The second kappa shape index (κ2) is 5.50. The van der Waals surface area contributed by atoms with Gasteiger partial charge in [-0.3, -0.25) is 0 Å². The molecule has 2 aliphatic rings. The van der Waals surface area contributed by atoms with E-state index in [2.05, 4.69) is 5.32 Å². The van der Waals surface area contributed by atoms with Crippen LogP contribution in [0, 0.1) is 0 Å². The van der Waals surface area contributed by atoms with Gasteiger partial charge in [0.1, 0.15) is 0 Å². The van der Waals surface area contributed by atoms with Crippen molar-refractivity contribution in [2.45, 2.75) is 42.4 Å². The standard InChI is InChI=1S/C14H17F3N2O2S/c15-14(16,17)10-2-1-3-13(8-10)22(20,21)19(11-4-5-11)12-6-7-18-9-12/h1-3,8,11-12,18H,4-7,9H2. The molecule has 3 rings (SSSR count). The summed E-state index contributed by atoms with van der Waals surface area (Å²) in [5.41, 5.74) is -0.936. The summed E-state index contributed by atoms with van der Waals surface area (Å²) in [6, 6.07) is 3.75. The Bertz CT molecular complexity index is 650. The summed E-state index contributed by atoms with van der Waals surface area (Å²) >= 11 is 0. The minimum atomic E-state index is -4.55. The van der Waals surface area contributed by atoms with Crippen LogP contribution in [0.2, 0.25) is 0 Å². The fourth-order valence-electron chi connectivity index (χ4n) is 2.83. The number of halogens is 3.